The van der Waals surface area contributed by atoms with Gasteiger partial charge in [0.2, 0.25) is 0 Å². The molecule has 0 spiro atoms. The molecular weight excluding hydrogens is 334 g/mol. The first-order valence-electron chi connectivity index (χ1n) is 5.45. The van der Waals surface area contributed by atoms with Crippen molar-refractivity contribution in [3.63, 3.8) is 0 Å². The summed E-state index contributed by atoms with van der Waals surface area (Å²) in [5.74, 6) is 0. The van der Waals surface area contributed by atoms with Crippen LogP contribution in [0, 0.1) is 0 Å². The van der Waals surface area contributed by atoms with Crippen LogP contribution in [0.4, 0.5) is 5.69 Å². The van der Waals surface area contributed by atoms with Crippen molar-refractivity contribution < 1.29 is 4.74 Å². The molecule has 0 amide bonds. The van der Waals surface area contributed by atoms with Crippen LogP contribution < -0.4 is 5.32 Å². The zero-order valence-corrected chi connectivity index (χ0v) is 13.0. The van der Waals surface area contributed by atoms with Crippen LogP contribution in [0.5, 0.6) is 0 Å². The first-order chi connectivity index (χ1) is 8.70. The molecule has 96 valence electrons. The minimum absolute atomic E-state index is 0.609. The second kappa shape index (κ2) is 6.57. The van der Waals surface area contributed by atoms with Crippen molar-refractivity contribution in [2.75, 3.05) is 12.4 Å². The lowest BCUT2D eigenvalue weighted by atomic mass is 10.2. The standard InChI is InChI=1S/C13H13BrClNOS/c1-17-8-9-4-2-3-5-12(9)16-7-10-6-11(14)13(15)18-10/h2-6,16H,7-8H2,1H3. The van der Waals surface area contributed by atoms with Crippen LogP contribution in [0.3, 0.4) is 0 Å². The maximum absolute atomic E-state index is 6.02. The smallest absolute Gasteiger partial charge is 0.107 e. The van der Waals surface area contributed by atoms with Crippen LogP contribution in [-0.2, 0) is 17.9 Å². The van der Waals surface area contributed by atoms with Crippen LogP contribution in [0.25, 0.3) is 0 Å². The summed E-state index contributed by atoms with van der Waals surface area (Å²) in [6.45, 7) is 1.37. The highest BCUT2D eigenvalue weighted by Crippen LogP contribution is 2.32. The fraction of sp³-hybridized carbons (Fsp3) is 0.231. The van der Waals surface area contributed by atoms with E-state index in [1.165, 1.54) is 4.88 Å². The molecule has 0 saturated heterocycles. The second-order valence-corrected chi connectivity index (χ2v) is 6.37. The Morgan fingerprint density at radius 3 is 2.83 bits per heavy atom. The number of thiophene rings is 1. The zero-order chi connectivity index (χ0) is 13.0. The van der Waals surface area contributed by atoms with Crippen LogP contribution in [0.1, 0.15) is 10.4 Å². The van der Waals surface area contributed by atoms with Crippen molar-refractivity contribution in [3.05, 3.63) is 49.6 Å². The van der Waals surface area contributed by atoms with Gasteiger partial charge in [-0.3, -0.25) is 0 Å². The molecule has 1 N–H and O–H groups in total. The van der Waals surface area contributed by atoms with Crippen LogP contribution in [-0.4, -0.2) is 7.11 Å². The molecule has 1 aromatic carbocycles. The molecule has 0 bridgehead atoms. The van der Waals surface area contributed by atoms with Gasteiger partial charge in [0.05, 0.1) is 6.61 Å². The number of anilines is 1. The molecule has 0 aliphatic heterocycles. The third-order valence-electron chi connectivity index (χ3n) is 2.47. The zero-order valence-electron chi connectivity index (χ0n) is 9.87. The molecule has 5 heteroatoms. The number of nitrogens with one attached hydrogen (secondary N) is 1. The Morgan fingerprint density at radius 2 is 2.17 bits per heavy atom. The van der Waals surface area contributed by atoms with E-state index in [0.717, 1.165) is 26.6 Å². The van der Waals surface area contributed by atoms with Crippen molar-refractivity contribution in [2.24, 2.45) is 0 Å². The van der Waals surface area contributed by atoms with E-state index in [4.69, 9.17) is 16.3 Å². The number of benzene rings is 1. The van der Waals surface area contributed by atoms with E-state index in [1.54, 1.807) is 18.4 Å². The van der Waals surface area contributed by atoms with Crippen LogP contribution >= 0.6 is 38.9 Å². The molecule has 2 rings (SSSR count). The maximum Gasteiger partial charge on any atom is 0.107 e. The highest BCUT2D eigenvalue weighted by atomic mass is 79.9. The van der Waals surface area contributed by atoms with E-state index in [2.05, 4.69) is 33.4 Å². The van der Waals surface area contributed by atoms with E-state index in [9.17, 15) is 0 Å². The largest absolute Gasteiger partial charge is 0.380 e. The number of ether oxygens (including phenoxy) is 1. The summed E-state index contributed by atoms with van der Waals surface area (Å²) in [6.07, 6.45) is 0. The van der Waals surface area contributed by atoms with Crippen molar-refractivity contribution in [3.8, 4) is 0 Å². The molecule has 2 aromatic rings. The molecule has 0 radical (unpaired) electrons. The Morgan fingerprint density at radius 1 is 1.39 bits per heavy atom. The Balaban J connectivity index is 2.05. The number of halogens is 2. The molecule has 1 heterocycles. The molecule has 2 nitrogen and oxygen atoms in total. The predicted molar refractivity (Wildman–Crippen MR) is 81.5 cm³/mol. The predicted octanol–water partition coefficient (Wildman–Crippen LogP) is 4.92. The summed E-state index contributed by atoms with van der Waals surface area (Å²) < 4.78 is 6.92. The van der Waals surface area contributed by atoms with Gasteiger partial charge in [0.25, 0.3) is 0 Å². The average Bonchev–Trinajstić information content (AvgIpc) is 2.68. The Labute approximate surface area is 124 Å². The van der Waals surface area contributed by atoms with Gasteiger partial charge in [0.15, 0.2) is 0 Å². The Bertz CT molecular complexity index is 510. The fourth-order valence-electron chi connectivity index (χ4n) is 1.63. The summed E-state index contributed by atoms with van der Waals surface area (Å²) in [7, 11) is 1.70. The van der Waals surface area contributed by atoms with Gasteiger partial charge in [0.1, 0.15) is 4.34 Å². The Kier molecular flexibility index (Phi) is 5.06. The highest BCUT2D eigenvalue weighted by Gasteiger charge is 2.05. The van der Waals surface area contributed by atoms with E-state index >= 15 is 0 Å². The Hall–Kier alpha value is -0.550. The monoisotopic (exact) mass is 345 g/mol. The lowest BCUT2D eigenvalue weighted by Crippen LogP contribution is -2.01. The fourth-order valence-corrected chi connectivity index (χ4v) is 3.37. The van der Waals surface area contributed by atoms with E-state index in [-0.39, 0.29) is 0 Å². The average molecular weight is 347 g/mol. The lowest BCUT2D eigenvalue weighted by molar-refractivity contribution is 0.185. The molecule has 1 aromatic heterocycles. The van der Waals surface area contributed by atoms with E-state index < -0.39 is 0 Å². The minimum Gasteiger partial charge on any atom is -0.380 e. The molecule has 0 aliphatic rings. The number of methoxy groups -OCH3 is 1. The number of hydrogen-bond donors (Lipinski definition) is 1. The normalized spacial score (nSPS) is 10.6. The summed E-state index contributed by atoms with van der Waals surface area (Å²) in [5, 5.41) is 3.41. The van der Waals surface area contributed by atoms with Crippen LogP contribution in [0.15, 0.2) is 34.8 Å². The van der Waals surface area contributed by atoms with Gasteiger partial charge >= 0.3 is 0 Å². The number of rotatable bonds is 5. The van der Waals surface area contributed by atoms with Crippen LogP contribution in [0.2, 0.25) is 4.34 Å². The third kappa shape index (κ3) is 3.48. The molecule has 18 heavy (non-hydrogen) atoms. The summed E-state index contributed by atoms with van der Waals surface area (Å²) in [6, 6.07) is 10.2. The lowest BCUT2D eigenvalue weighted by Gasteiger charge is -2.10. The van der Waals surface area contributed by atoms with Crippen molar-refractivity contribution in [2.45, 2.75) is 13.2 Å². The maximum atomic E-state index is 6.02. The van der Waals surface area contributed by atoms with Gasteiger partial charge in [-0.15, -0.1) is 11.3 Å². The van der Waals surface area contributed by atoms with E-state index in [1.807, 2.05) is 18.2 Å². The van der Waals surface area contributed by atoms with Crippen molar-refractivity contribution in [1.82, 2.24) is 0 Å². The van der Waals surface area contributed by atoms with Gasteiger partial charge in [-0.2, -0.15) is 0 Å². The van der Waals surface area contributed by atoms with Gasteiger partial charge in [-0.05, 0) is 28.1 Å². The molecule has 0 saturated carbocycles. The first-order valence-corrected chi connectivity index (χ1v) is 7.44. The second-order valence-electron chi connectivity index (χ2n) is 3.78. The third-order valence-corrected chi connectivity index (χ3v) is 4.94. The number of hydrogen-bond acceptors (Lipinski definition) is 3. The van der Waals surface area contributed by atoms with Gasteiger partial charge < -0.3 is 10.1 Å². The summed E-state index contributed by atoms with van der Waals surface area (Å²) in [5.41, 5.74) is 2.25. The number of para-hydroxylation sites is 1. The minimum atomic E-state index is 0.609. The molecule has 0 fully saturated rings. The van der Waals surface area contributed by atoms with Gasteiger partial charge in [-0.1, -0.05) is 29.8 Å². The first kappa shape index (κ1) is 13.9. The molecular formula is C13H13BrClNOS. The summed E-state index contributed by atoms with van der Waals surface area (Å²) in [4.78, 5) is 1.19. The van der Waals surface area contributed by atoms with Gasteiger partial charge in [0, 0.05) is 34.3 Å². The van der Waals surface area contributed by atoms with Gasteiger partial charge in [-0.25, -0.2) is 0 Å². The SMILES string of the molecule is COCc1ccccc1NCc1cc(Br)c(Cl)s1. The molecule has 0 unspecified atom stereocenters. The molecule has 0 atom stereocenters. The topological polar surface area (TPSA) is 21.3 Å². The van der Waals surface area contributed by atoms with Crippen molar-refractivity contribution >= 4 is 44.6 Å². The van der Waals surface area contributed by atoms with Crippen molar-refractivity contribution in [1.29, 1.82) is 0 Å². The summed E-state index contributed by atoms with van der Waals surface area (Å²) >= 11 is 11.0. The highest BCUT2D eigenvalue weighted by molar-refractivity contribution is 9.10. The van der Waals surface area contributed by atoms with E-state index in [0.29, 0.717) is 6.61 Å². The quantitative estimate of drug-likeness (QED) is 0.829. The molecule has 0 aliphatic carbocycles.